The molecule has 3 rings (SSSR count). The van der Waals surface area contributed by atoms with Crippen molar-refractivity contribution in [2.75, 3.05) is 0 Å². The minimum atomic E-state index is -0.109. The molecule has 0 heterocycles. The summed E-state index contributed by atoms with van der Waals surface area (Å²) in [4.78, 5) is 0. The van der Waals surface area contributed by atoms with Crippen LogP contribution in [0.25, 0.3) is 11.1 Å². The molecule has 0 radical (unpaired) electrons. The molecule has 0 atom stereocenters. The molecule has 0 aromatic heterocycles. The average Bonchev–Trinajstić information content (AvgIpc) is 2.73. The molecule has 1 heteroatoms. The molecule has 1 aliphatic rings. The maximum Gasteiger partial charge on any atom is 0.131 e. The van der Waals surface area contributed by atoms with Crippen molar-refractivity contribution in [1.82, 2.24) is 0 Å². The molecule has 0 unspecified atom stereocenters. The number of hydrogen-bond acceptors (Lipinski definition) is 0. The molecule has 0 nitrogen and oxygen atoms in total. The number of allylic oxidation sites excluding steroid dienone is 2. The van der Waals surface area contributed by atoms with Crippen LogP contribution in [0.4, 0.5) is 4.39 Å². The number of aryl methyl sites for hydroxylation is 1. The van der Waals surface area contributed by atoms with Gasteiger partial charge in [-0.2, -0.15) is 0 Å². The molecule has 0 N–H and O–H groups in total. The van der Waals surface area contributed by atoms with E-state index >= 15 is 0 Å². The van der Waals surface area contributed by atoms with Crippen molar-refractivity contribution in [3.63, 3.8) is 0 Å². The quantitative estimate of drug-likeness (QED) is 0.404. The van der Waals surface area contributed by atoms with Crippen LogP contribution in [0.5, 0.6) is 0 Å². The minimum Gasteiger partial charge on any atom is -0.206 e. The van der Waals surface area contributed by atoms with Crippen LogP contribution in [0.15, 0.2) is 54.6 Å². The summed E-state index contributed by atoms with van der Waals surface area (Å²) in [5.41, 5.74) is 4.19. The van der Waals surface area contributed by atoms with Gasteiger partial charge in [-0.05, 0) is 80.0 Å². The molecule has 0 saturated heterocycles. The molecule has 1 saturated carbocycles. The van der Waals surface area contributed by atoms with Crippen LogP contribution in [-0.4, -0.2) is 0 Å². The van der Waals surface area contributed by atoms with E-state index in [0.29, 0.717) is 11.5 Å². The molecule has 2 aromatic carbocycles. The Morgan fingerprint density at radius 2 is 1.75 bits per heavy atom. The van der Waals surface area contributed by atoms with Gasteiger partial charge in [-0.1, -0.05) is 74.7 Å². The molecule has 1 aliphatic carbocycles. The molecule has 0 spiro atoms. The zero-order chi connectivity index (χ0) is 19.8. The van der Waals surface area contributed by atoms with E-state index in [4.69, 9.17) is 0 Å². The third-order valence-corrected chi connectivity index (χ3v) is 6.37. The molecule has 1 fully saturated rings. The lowest BCUT2D eigenvalue weighted by molar-refractivity contribution is 0.304. The summed E-state index contributed by atoms with van der Waals surface area (Å²) in [7, 11) is 0. The largest absolute Gasteiger partial charge is 0.206 e. The summed E-state index contributed by atoms with van der Waals surface area (Å²) in [6.45, 7) is 4.30. The van der Waals surface area contributed by atoms with Crippen molar-refractivity contribution in [2.45, 2.75) is 77.6 Å². The first-order valence-corrected chi connectivity index (χ1v) is 11.2. The fourth-order valence-corrected chi connectivity index (χ4v) is 4.58. The van der Waals surface area contributed by atoms with Gasteiger partial charge in [0.25, 0.3) is 0 Å². The smallest absolute Gasteiger partial charge is 0.131 e. The van der Waals surface area contributed by atoms with Crippen LogP contribution >= 0.6 is 0 Å². The first-order valence-electron chi connectivity index (χ1n) is 11.2. The van der Waals surface area contributed by atoms with E-state index in [1.54, 1.807) is 6.07 Å². The van der Waals surface area contributed by atoms with E-state index < -0.39 is 0 Å². The van der Waals surface area contributed by atoms with Gasteiger partial charge in [-0.15, -0.1) is 0 Å². The highest BCUT2D eigenvalue weighted by molar-refractivity contribution is 5.65. The van der Waals surface area contributed by atoms with Crippen LogP contribution in [0, 0.1) is 11.7 Å². The lowest BCUT2D eigenvalue weighted by Crippen LogP contribution is -2.13. The Hall–Kier alpha value is -1.89. The van der Waals surface area contributed by atoms with E-state index in [-0.39, 0.29) is 5.82 Å². The van der Waals surface area contributed by atoms with Gasteiger partial charge in [0.05, 0.1) is 0 Å². The van der Waals surface area contributed by atoms with Gasteiger partial charge < -0.3 is 0 Å². The highest BCUT2D eigenvalue weighted by atomic mass is 19.1. The zero-order valence-corrected chi connectivity index (χ0v) is 17.6. The molecular weight excluding hydrogens is 343 g/mol. The fraction of sp³-hybridized carbons (Fsp3) is 0.481. The second kappa shape index (κ2) is 10.6. The third kappa shape index (κ3) is 5.56. The third-order valence-electron chi connectivity index (χ3n) is 6.37. The van der Waals surface area contributed by atoms with Crippen molar-refractivity contribution >= 4 is 0 Å². The summed E-state index contributed by atoms with van der Waals surface area (Å²) in [5.74, 6) is 1.52. The maximum atomic E-state index is 14.6. The first kappa shape index (κ1) is 20.8. The van der Waals surface area contributed by atoms with E-state index in [2.05, 4.69) is 43.3 Å². The Kier molecular flexibility index (Phi) is 7.89. The summed E-state index contributed by atoms with van der Waals surface area (Å²) < 4.78 is 14.6. The maximum absolute atomic E-state index is 14.6. The van der Waals surface area contributed by atoms with Gasteiger partial charge in [0.2, 0.25) is 0 Å². The Morgan fingerprint density at radius 1 is 1.00 bits per heavy atom. The SMILES string of the molecule is C/C=C/CCc1ccc(-c2ccc(C3CCC(CCCC)CC3)cc2)c(F)c1. The second-order valence-electron chi connectivity index (χ2n) is 8.40. The molecular formula is C27H35F. The second-order valence-corrected chi connectivity index (χ2v) is 8.40. The highest BCUT2D eigenvalue weighted by Gasteiger charge is 2.22. The Bertz CT molecular complexity index is 748. The van der Waals surface area contributed by atoms with E-state index in [1.165, 1.54) is 50.5 Å². The number of unbranched alkanes of at least 4 members (excludes halogenated alkanes) is 1. The van der Waals surface area contributed by atoms with Crippen molar-refractivity contribution in [3.8, 4) is 11.1 Å². The molecule has 150 valence electrons. The van der Waals surface area contributed by atoms with Gasteiger partial charge in [0, 0.05) is 5.56 Å². The zero-order valence-electron chi connectivity index (χ0n) is 17.6. The molecule has 28 heavy (non-hydrogen) atoms. The van der Waals surface area contributed by atoms with Gasteiger partial charge in [-0.3, -0.25) is 0 Å². The molecule has 0 bridgehead atoms. The Labute approximate surface area is 170 Å². The van der Waals surface area contributed by atoms with Gasteiger partial charge >= 0.3 is 0 Å². The average molecular weight is 379 g/mol. The predicted octanol–water partition coefficient (Wildman–Crippen LogP) is 8.47. The Morgan fingerprint density at radius 3 is 2.39 bits per heavy atom. The summed E-state index contributed by atoms with van der Waals surface area (Å²) in [5, 5.41) is 0. The van der Waals surface area contributed by atoms with Crippen molar-refractivity contribution < 1.29 is 4.39 Å². The number of halogens is 1. The van der Waals surface area contributed by atoms with Crippen molar-refractivity contribution in [2.24, 2.45) is 5.92 Å². The monoisotopic (exact) mass is 378 g/mol. The predicted molar refractivity (Wildman–Crippen MR) is 119 cm³/mol. The standard InChI is InChI=1S/C27H35F/c1-3-5-7-9-22-12-19-26(27(28)20-22)25-17-15-24(16-18-25)23-13-10-21(11-14-23)8-6-4-2/h3,5,12,15-21,23H,4,6-11,13-14H2,1-2H3/b5-3+. The fourth-order valence-electron chi connectivity index (χ4n) is 4.58. The summed E-state index contributed by atoms with van der Waals surface area (Å²) in [6.07, 6.45) is 15.5. The number of rotatable bonds is 8. The van der Waals surface area contributed by atoms with E-state index in [0.717, 1.165) is 29.9 Å². The van der Waals surface area contributed by atoms with Gasteiger partial charge in [0.15, 0.2) is 0 Å². The van der Waals surface area contributed by atoms with Crippen LogP contribution < -0.4 is 0 Å². The van der Waals surface area contributed by atoms with E-state index in [9.17, 15) is 4.39 Å². The van der Waals surface area contributed by atoms with Crippen molar-refractivity contribution in [1.29, 1.82) is 0 Å². The topological polar surface area (TPSA) is 0 Å². The molecule has 0 aliphatic heterocycles. The minimum absolute atomic E-state index is 0.109. The van der Waals surface area contributed by atoms with Gasteiger partial charge in [0.1, 0.15) is 5.82 Å². The van der Waals surface area contributed by atoms with Crippen LogP contribution in [0.2, 0.25) is 0 Å². The first-order chi connectivity index (χ1) is 13.7. The highest BCUT2D eigenvalue weighted by Crippen LogP contribution is 2.38. The lowest BCUT2D eigenvalue weighted by atomic mass is 9.77. The van der Waals surface area contributed by atoms with Crippen LogP contribution in [0.1, 0.15) is 82.3 Å². The molecule has 0 amide bonds. The summed E-state index contributed by atoms with van der Waals surface area (Å²) >= 11 is 0. The Balaban J connectivity index is 1.61. The van der Waals surface area contributed by atoms with Crippen LogP contribution in [-0.2, 0) is 6.42 Å². The number of benzene rings is 2. The summed E-state index contributed by atoms with van der Waals surface area (Å²) in [6, 6.07) is 14.4. The van der Waals surface area contributed by atoms with Gasteiger partial charge in [-0.25, -0.2) is 4.39 Å². The lowest BCUT2D eigenvalue weighted by Gasteiger charge is -2.29. The van der Waals surface area contributed by atoms with Crippen LogP contribution in [0.3, 0.4) is 0 Å². The van der Waals surface area contributed by atoms with Crippen molar-refractivity contribution in [3.05, 3.63) is 71.6 Å². The number of hydrogen-bond donors (Lipinski definition) is 0. The normalized spacial score (nSPS) is 20.0. The van der Waals surface area contributed by atoms with E-state index in [1.807, 2.05) is 19.1 Å². The molecule has 2 aromatic rings.